The average molecular weight is 255 g/mol. The van der Waals surface area contributed by atoms with Crippen LogP contribution in [0, 0.1) is 5.41 Å². The Kier molecular flexibility index (Phi) is 6.47. The van der Waals surface area contributed by atoms with E-state index in [9.17, 15) is 0 Å². The van der Waals surface area contributed by atoms with Gasteiger partial charge in [-0.25, -0.2) is 0 Å². The number of nitrogens with zero attached hydrogens (tertiary/aromatic N) is 2. The predicted octanol–water partition coefficient (Wildman–Crippen LogP) is 2.24. The highest BCUT2D eigenvalue weighted by molar-refractivity contribution is 5.78. The number of nitrogens with two attached hydrogens (primary N) is 1. The molecule has 0 spiro atoms. The Morgan fingerprint density at radius 1 is 1.28 bits per heavy atom. The molecule has 18 heavy (non-hydrogen) atoms. The molecule has 1 fully saturated rings. The number of aliphatic imine (C=N–C) groups is 1. The first-order valence-corrected chi connectivity index (χ1v) is 7.21. The summed E-state index contributed by atoms with van der Waals surface area (Å²) in [7, 11) is 1.77. The number of guanidine groups is 1. The van der Waals surface area contributed by atoms with E-state index in [0.29, 0.717) is 11.4 Å². The minimum Gasteiger partial charge on any atom is -0.385 e. The van der Waals surface area contributed by atoms with Crippen LogP contribution < -0.4 is 5.73 Å². The molecule has 0 aromatic carbocycles. The number of rotatable bonds is 7. The fourth-order valence-corrected chi connectivity index (χ4v) is 2.83. The topological polar surface area (TPSA) is 50.8 Å². The summed E-state index contributed by atoms with van der Waals surface area (Å²) in [4.78, 5) is 6.75. The standard InChI is InChI=1S/C14H29N3O/c1-4-17(5-2)13(15)16-12-14(10-11-18-3)8-6-7-9-14/h4-12H2,1-3H3,(H2,15,16). The third-order valence-corrected chi connectivity index (χ3v) is 4.16. The maximum Gasteiger partial charge on any atom is 0.191 e. The van der Waals surface area contributed by atoms with Gasteiger partial charge in [-0.3, -0.25) is 4.99 Å². The Balaban J connectivity index is 2.58. The molecule has 0 atom stereocenters. The maximum atomic E-state index is 6.05. The van der Waals surface area contributed by atoms with Gasteiger partial charge >= 0.3 is 0 Å². The minimum atomic E-state index is 0.341. The van der Waals surface area contributed by atoms with Crippen molar-refractivity contribution >= 4 is 5.96 Å². The van der Waals surface area contributed by atoms with E-state index in [0.717, 1.165) is 32.7 Å². The smallest absolute Gasteiger partial charge is 0.191 e. The molecule has 4 nitrogen and oxygen atoms in total. The van der Waals surface area contributed by atoms with Crippen LogP contribution in [-0.2, 0) is 4.74 Å². The number of methoxy groups -OCH3 is 1. The molecule has 1 saturated carbocycles. The molecular formula is C14H29N3O. The Hall–Kier alpha value is -0.770. The van der Waals surface area contributed by atoms with Crippen molar-refractivity contribution in [1.82, 2.24) is 4.90 Å². The van der Waals surface area contributed by atoms with Gasteiger partial charge in [0.15, 0.2) is 5.96 Å². The molecule has 0 radical (unpaired) electrons. The molecule has 0 aromatic rings. The van der Waals surface area contributed by atoms with Gasteiger partial charge in [0.1, 0.15) is 0 Å². The SMILES string of the molecule is CCN(CC)C(N)=NCC1(CCOC)CCCC1. The highest BCUT2D eigenvalue weighted by Crippen LogP contribution is 2.41. The van der Waals surface area contributed by atoms with Gasteiger partial charge in [0.25, 0.3) is 0 Å². The van der Waals surface area contributed by atoms with Gasteiger partial charge in [0, 0.05) is 33.4 Å². The third-order valence-electron chi connectivity index (χ3n) is 4.16. The van der Waals surface area contributed by atoms with Crippen LogP contribution in [-0.4, -0.2) is 44.2 Å². The fraction of sp³-hybridized carbons (Fsp3) is 0.929. The molecule has 2 N–H and O–H groups in total. The molecule has 106 valence electrons. The molecular weight excluding hydrogens is 226 g/mol. The Morgan fingerprint density at radius 2 is 1.89 bits per heavy atom. The molecule has 0 aromatic heterocycles. The van der Waals surface area contributed by atoms with Crippen molar-refractivity contribution < 1.29 is 4.74 Å². The highest BCUT2D eigenvalue weighted by Gasteiger charge is 2.33. The molecule has 1 aliphatic rings. The van der Waals surface area contributed by atoms with Crippen LogP contribution >= 0.6 is 0 Å². The van der Waals surface area contributed by atoms with Crippen molar-refractivity contribution in [3.63, 3.8) is 0 Å². The van der Waals surface area contributed by atoms with Gasteiger partial charge in [-0.1, -0.05) is 12.8 Å². The van der Waals surface area contributed by atoms with Gasteiger partial charge in [-0.15, -0.1) is 0 Å². The zero-order valence-electron chi connectivity index (χ0n) is 12.2. The molecule has 4 heteroatoms. The van der Waals surface area contributed by atoms with E-state index in [1.54, 1.807) is 7.11 Å². The molecule has 1 aliphatic carbocycles. The Labute approximate surface area is 112 Å². The summed E-state index contributed by atoms with van der Waals surface area (Å²) in [5.41, 5.74) is 6.39. The van der Waals surface area contributed by atoms with Crippen molar-refractivity contribution in [1.29, 1.82) is 0 Å². The van der Waals surface area contributed by atoms with Crippen LogP contribution in [0.25, 0.3) is 0 Å². The van der Waals surface area contributed by atoms with Gasteiger partial charge in [0.2, 0.25) is 0 Å². The lowest BCUT2D eigenvalue weighted by Crippen LogP contribution is -2.38. The highest BCUT2D eigenvalue weighted by atomic mass is 16.5. The monoisotopic (exact) mass is 255 g/mol. The normalized spacial score (nSPS) is 19.2. The van der Waals surface area contributed by atoms with Crippen molar-refractivity contribution in [2.24, 2.45) is 16.1 Å². The van der Waals surface area contributed by atoms with Crippen LogP contribution in [0.5, 0.6) is 0 Å². The van der Waals surface area contributed by atoms with E-state index in [2.05, 4.69) is 23.7 Å². The molecule has 0 amide bonds. The van der Waals surface area contributed by atoms with Crippen molar-refractivity contribution in [3.8, 4) is 0 Å². The predicted molar refractivity (Wildman–Crippen MR) is 76.8 cm³/mol. The quantitative estimate of drug-likeness (QED) is 0.560. The Morgan fingerprint density at radius 3 is 2.39 bits per heavy atom. The lowest BCUT2D eigenvalue weighted by Gasteiger charge is -2.28. The van der Waals surface area contributed by atoms with E-state index < -0.39 is 0 Å². The van der Waals surface area contributed by atoms with Crippen molar-refractivity contribution in [2.75, 3.05) is 33.4 Å². The zero-order valence-corrected chi connectivity index (χ0v) is 12.2. The fourth-order valence-electron chi connectivity index (χ4n) is 2.83. The summed E-state index contributed by atoms with van der Waals surface area (Å²) in [6.07, 6.45) is 6.30. The van der Waals surface area contributed by atoms with Gasteiger partial charge in [0.05, 0.1) is 0 Å². The molecule has 0 bridgehead atoms. The van der Waals surface area contributed by atoms with Crippen molar-refractivity contribution in [3.05, 3.63) is 0 Å². The lowest BCUT2D eigenvalue weighted by atomic mass is 9.83. The van der Waals surface area contributed by atoms with E-state index in [-0.39, 0.29) is 0 Å². The van der Waals surface area contributed by atoms with Crippen LogP contribution in [0.1, 0.15) is 46.0 Å². The van der Waals surface area contributed by atoms with E-state index in [4.69, 9.17) is 10.5 Å². The molecule has 1 rings (SSSR count). The number of hydrogen-bond acceptors (Lipinski definition) is 2. The molecule has 0 unspecified atom stereocenters. The van der Waals surface area contributed by atoms with Gasteiger partial charge in [-0.2, -0.15) is 0 Å². The summed E-state index contributed by atoms with van der Waals surface area (Å²) in [6.45, 7) is 7.78. The first kappa shape index (κ1) is 15.3. The second-order valence-corrected chi connectivity index (χ2v) is 5.30. The summed E-state index contributed by atoms with van der Waals surface area (Å²) < 4.78 is 5.24. The second-order valence-electron chi connectivity index (χ2n) is 5.30. The van der Waals surface area contributed by atoms with Crippen LogP contribution in [0.2, 0.25) is 0 Å². The summed E-state index contributed by atoms with van der Waals surface area (Å²) >= 11 is 0. The average Bonchev–Trinajstić information content (AvgIpc) is 2.85. The lowest BCUT2D eigenvalue weighted by molar-refractivity contribution is 0.141. The summed E-state index contributed by atoms with van der Waals surface area (Å²) in [5, 5.41) is 0. The Bertz CT molecular complexity index is 256. The largest absolute Gasteiger partial charge is 0.385 e. The summed E-state index contributed by atoms with van der Waals surface area (Å²) in [5.74, 6) is 0.698. The summed E-state index contributed by atoms with van der Waals surface area (Å²) in [6, 6.07) is 0. The number of hydrogen-bond donors (Lipinski definition) is 1. The van der Waals surface area contributed by atoms with Crippen molar-refractivity contribution in [2.45, 2.75) is 46.0 Å². The van der Waals surface area contributed by atoms with Crippen LogP contribution in [0.15, 0.2) is 4.99 Å². The zero-order chi connectivity index (χ0) is 13.4. The second kappa shape index (κ2) is 7.62. The van der Waals surface area contributed by atoms with Crippen LogP contribution in [0.3, 0.4) is 0 Å². The molecule has 0 saturated heterocycles. The van der Waals surface area contributed by atoms with E-state index in [1.807, 2.05) is 0 Å². The van der Waals surface area contributed by atoms with Gasteiger partial charge < -0.3 is 15.4 Å². The van der Waals surface area contributed by atoms with E-state index in [1.165, 1.54) is 25.7 Å². The van der Waals surface area contributed by atoms with Crippen LogP contribution in [0.4, 0.5) is 0 Å². The first-order valence-electron chi connectivity index (χ1n) is 7.21. The molecule has 0 aliphatic heterocycles. The molecule has 0 heterocycles. The van der Waals surface area contributed by atoms with Gasteiger partial charge in [-0.05, 0) is 38.5 Å². The number of ether oxygens (including phenoxy) is 1. The third kappa shape index (κ3) is 4.16. The van der Waals surface area contributed by atoms with E-state index >= 15 is 0 Å². The first-order chi connectivity index (χ1) is 8.67. The minimum absolute atomic E-state index is 0.341. The maximum absolute atomic E-state index is 6.05.